The van der Waals surface area contributed by atoms with Gasteiger partial charge in [0.1, 0.15) is 12.4 Å². The molecule has 9 heteroatoms. The third-order valence-electron chi connectivity index (χ3n) is 3.99. The highest BCUT2D eigenvalue weighted by molar-refractivity contribution is 9.11. The number of hydrazone groups is 1. The molecule has 0 spiro atoms. The molecule has 0 fully saturated rings. The third-order valence-corrected chi connectivity index (χ3v) is 5.22. The fourth-order valence-electron chi connectivity index (χ4n) is 2.44. The van der Waals surface area contributed by atoms with Gasteiger partial charge in [-0.15, -0.1) is 0 Å². The molecule has 0 aliphatic heterocycles. The average molecular weight is 533 g/mol. The first kappa shape index (κ1) is 21.7. The Morgan fingerprint density at radius 3 is 2.57 bits per heavy atom. The zero-order chi connectivity index (χ0) is 21.5. The first-order chi connectivity index (χ1) is 14.4. The van der Waals surface area contributed by atoms with E-state index < -0.39 is 10.8 Å². The Labute approximate surface area is 189 Å². The van der Waals surface area contributed by atoms with Gasteiger partial charge in [0.15, 0.2) is 0 Å². The van der Waals surface area contributed by atoms with E-state index >= 15 is 0 Å². The summed E-state index contributed by atoms with van der Waals surface area (Å²) in [7, 11) is 0. The van der Waals surface area contributed by atoms with Crippen molar-refractivity contribution in [2.24, 2.45) is 5.10 Å². The minimum atomic E-state index is -0.556. The van der Waals surface area contributed by atoms with Gasteiger partial charge in [-0.1, -0.05) is 44.0 Å². The van der Waals surface area contributed by atoms with E-state index in [-0.39, 0.29) is 11.3 Å². The number of nitrogens with zero attached hydrogens (tertiary/aromatic N) is 2. The second-order valence-electron chi connectivity index (χ2n) is 6.10. The molecule has 152 valence electrons. The molecular formula is C21H15Br2N3O4. The van der Waals surface area contributed by atoms with Crippen molar-refractivity contribution in [3.05, 3.63) is 102 Å². The van der Waals surface area contributed by atoms with Crippen LogP contribution in [0.1, 0.15) is 21.5 Å². The van der Waals surface area contributed by atoms with Crippen molar-refractivity contribution in [2.45, 2.75) is 6.61 Å². The predicted molar refractivity (Wildman–Crippen MR) is 121 cm³/mol. The standard InChI is InChI=1S/C21H15Br2N3O4/c22-17-7-6-16(20(23)11-17)13-30-19-8-4-14(5-9-19)12-24-25-21(27)15-2-1-3-18(10-15)26(28)29/h1-12H,13H2,(H,25,27)/b24-12-. The normalized spacial score (nSPS) is 10.7. The number of carbonyl (C=O) groups excluding carboxylic acids is 1. The summed E-state index contributed by atoms with van der Waals surface area (Å²) in [5, 5.41) is 14.7. The molecule has 0 saturated carbocycles. The van der Waals surface area contributed by atoms with E-state index in [1.807, 2.05) is 18.2 Å². The lowest BCUT2D eigenvalue weighted by atomic mass is 10.2. The summed E-state index contributed by atoms with van der Waals surface area (Å²) in [6.07, 6.45) is 1.48. The number of amides is 1. The van der Waals surface area contributed by atoms with Crippen molar-refractivity contribution < 1.29 is 14.5 Å². The van der Waals surface area contributed by atoms with Crippen LogP contribution < -0.4 is 10.2 Å². The Morgan fingerprint density at radius 1 is 1.10 bits per heavy atom. The van der Waals surface area contributed by atoms with Gasteiger partial charge in [0.25, 0.3) is 11.6 Å². The number of halogens is 2. The summed E-state index contributed by atoms with van der Waals surface area (Å²) in [6, 6.07) is 18.5. The van der Waals surface area contributed by atoms with Gasteiger partial charge in [0, 0.05) is 32.2 Å². The molecule has 0 heterocycles. The Balaban J connectivity index is 1.55. The van der Waals surface area contributed by atoms with Gasteiger partial charge in [0.2, 0.25) is 0 Å². The maximum absolute atomic E-state index is 12.1. The number of ether oxygens (including phenoxy) is 1. The second kappa shape index (κ2) is 10.1. The molecule has 1 N–H and O–H groups in total. The highest BCUT2D eigenvalue weighted by Crippen LogP contribution is 2.23. The SMILES string of the molecule is O=C(N/N=C\c1ccc(OCc2ccc(Br)cc2Br)cc1)c1cccc([N+](=O)[O-])c1. The van der Waals surface area contributed by atoms with Gasteiger partial charge < -0.3 is 4.74 Å². The van der Waals surface area contributed by atoms with E-state index in [1.54, 1.807) is 24.3 Å². The number of nitro benzene ring substituents is 1. The number of nitrogens with one attached hydrogen (secondary N) is 1. The highest BCUT2D eigenvalue weighted by Gasteiger charge is 2.10. The Kier molecular flexibility index (Phi) is 7.31. The van der Waals surface area contributed by atoms with Crippen LogP contribution in [0.3, 0.4) is 0 Å². The first-order valence-electron chi connectivity index (χ1n) is 8.67. The van der Waals surface area contributed by atoms with Crippen molar-refractivity contribution >= 4 is 49.7 Å². The molecule has 0 saturated heterocycles. The molecule has 0 radical (unpaired) electrons. The average Bonchev–Trinajstić information content (AvgIpc) is 2.74. The molecule has 7 nitrogen and oxygen atoms in total. The van der Waals surface area contributed by atoms with E-state index in [9.17, 15) is 14.9 Å². The molecule has 0 aromatic heterocycles. The lowest BCUT2D eigenvalue weighted by Gasteiger charge is -2.08. The molecule has 0 bridgehead atoms. The Hall–Kier alpha value is -3.04. The number of non-ortho nitro benzene ring substituents is 1. The van der Waals surface area contributed by atoms with E-state index in [4.69, 9.17) is 4.74 Å². The van der Waals surface area contributed by atoms with E-state index in [0.717, 1.165) is 20.1 Å². The Morgan fingerprint density at radius 2 is 1.87 bits per heavy atom. The number of nitro groups is 1. The monoisotopic (exact) mass is 531 g/mol. The number of hydrogen-bond donors (Lipinski definition) is 1. The van der Waals surface area contributed by atoms with Crippen LogP contribution in [0, 0.1) is 10.1 Å². The van der Waals surface area contributed by atoms with E-state index in [0.29, 0.717) is 12.4 Å². The zero-order valence-electron chi connectivity index (χ0n) is 15.4. The van der Waals surface area contributed by atoms with Crippen molar-refractivity contribution in [3.8, 4) is 5.75 Å². The van der Waals surface area contributed by atoms with Crippen molar-refractivity contribution in [1.82, 2.24) is 5.43 Å². The number of carbonyl (C=O) groups is 1. The van der Waals surface area contributed by atoms with Crippen LogP contribution in [-0.4, -0.2) is 17.0 Å². The molecule has 1 amide bonds. The van der Waals surface area contributed by atoms with Crippen LogP contribution in [0.5, 0.6) is 5.75 Å². The molecule has 0 aliphatic rings. The van der Waals surface area contributed by atoms with Gasteiger partial charge in [-0.2, -0.15) is 5.10 Å². The molecule has 0 atom stereocenters. The number of hydrogen-bond acceptors (Lipinski definition) is 5. The largest absolute Gasteiger partial charge is 0.489 e. The van der Waals surface area contributed by atoms with Crippen molar-refractivity contribution in [1.29, 1.82) is 0 Å². The predicted octanol–water partition coefficient (Wildman–Crippen LogP) is 5.46. The van der Waals surface area contributed by atoms with Crippen LogP contribution in [-0.2, 0) is 6.61 Å². The molecule has 3 rings (SSSR count). The lowest BCUT2D eigenvalue weighted by molar-refractivity contribution is -0.384. The molecule has 3 aromatic carbocycles. The van der Waals surface area contributed by atoms with Gasteiger partial charge in [0.05, 0.1) is 11.1 Å². The zero-order valence-corrected chi connectivity index (χ0v) is 18.6. The maximum atomic E-state index is 12.1. The van der Waals surface area contributed by atoms with Crippen LogP contribution in [0.4, 0.5) is 5.69 Å². The third kappa shape index (κ3) is 5.98. The molecular weight excluding hydrogens is 518 g/mol. The fraction of sp³-hybridized carbons (Fsp3) is 0.0476. The van der Waals surface area contributed by atoms with E-state index in [2.05, 4.69) is 42.4 Å². The summed E-state index contributed by atoms with van der Waals surface area (Å²) in [5.74, 6) is 0.164. The quantitative estimate of drug-likeness (QED) is 0.248. The van der Waals surface area contributed by atoms with Gasteiger partial charge in [-0.25, -0.2) is 5.43 Å². The summed E-state index contributed by atoms with van der Waals surface area (Å²) >= 11 is 6.92. The summed E-state index contributed by atoms with van der Waals surface area (Å²) in [5.41, 5.74) is 4.13. The summed E-state index contributed by atoms with van der Waals surface area (Å²) < 4.78 is 7.73. The van der Waals surface area contributed by atoms with Gasteiger partial charge in [-0.05, 0) is 48.0 Å². The van der Waals surface area contributed by atoms with Crippen molar-refractivity contribution in [3.63, 3.8) is 0 Å². The summed E-state index contributed by atoms with van der Waals surface area (Å²) in [6.45, 7) is 0.417. The van der Waals surface area contributed by atoms with Crippen LogP contribution >= 0.6 is 31.9 Å². The fourth-order valence-corrected chi connectivity index (χ4v) is 3.60. The Bertz CT molecular complexity index is 1100. The lowest BCUT2D eigenvalue weighted by Crippen LogP contribution is -2.17. The molecule has 0 unspecified atom stereocenters. The molecule has 3 aromatic rings. The van der Waals surface area contributed by atoms with Crippen LogP contribution in [0.2, 0.25) is 0 Å². The number of benzene rings is 3. The minimum Gasteiger partial charge on any atom is -0.489 e. The second-order valence-corrected chi connectivity index (χ2v) is 7.87. The maximum Gasteiger partial charge on any atom is 0.271 e. The van der Waals surface area contributed by atoms with Crippen molar-refractivity contribution in [2.75, 3.05) is 0 Å². The minimum absolute atomic E-state index is 0.155. The topological polar surface area (TPSA) is 93.8 Å². The molecule has 30 heavy (non-hydrogen) atoms. The highest BCUT2D eigenvalue weighted by atomic mass is 79.9. The summed E-state index contributed by atoms with van der Waals surface area (Å²) in [4.78, 5) is 22.3. The first-order valence-corrected chi connectivity index (χ1v) is 10.3. The van der Waals surface area contributed by atoms with Gasteiger partial charge >= 0.3 is 0 Å². The van der Waals surface area contributed by atoms with Crippen LogP contribution in [0.15, 0.2) is 80.8 Å². The smallest absolute Gasteiger partial charge is 0.271 e. The van der Waals surface area contributed by atoms with Crippen LogP contribution in [0.25, 0.3) is 0 Å². The number of rotatable bonds is 7. The molecule has 0 aliphatic carbocycles. The van der Waals surface area contributed by atoms with E-state index in [1.165, 1.54) is 30.5 Å². The van der Waals surface area contributed by atoms with Gasteiger partial charge in [-0.3, -0.25) is 14.9 Å².